The quantitative estimate of drug-likeness (QED) is 0.661. The van der Waals surface area contributed by atoms with Crippen molar-refractivity contribution < 1.29 is 17.9 Å². The Kier molecular flexibility index (Phi) is 6.75. The molecule has 0 atom stereocenters. The van der Waals surface area contributed by atoms with E-state index >= 15 is 0 Å². The molecule has 2 aromatic rings. The number of hydrogen-bond acceptors (Lipinski definition) is 5. The fourth-order valence-electron chi connectivity index (χ4n) is 3.03. The Morgan fingerprint density at radius 3 is 2.53 bits per heavy atom. The Morgan fingerprint density at radius 1 is 1.23 bits per heavy atom. The average molecular weight is 428 g/mol. The Bertz CT molecular complexity index is 1050. The number of ether oxygens (including phenoxy) is 1. The zero-order valence-electron chi connectivity index (χ0n) is 17.1. The summed E-state index contributed by atoms with van der Waals surface area (Å²) in [6.45, 7) is 4.38. The molecule has 1 aliphatic carbocycles. The number of sulfonamides is 1. The highest BCUT2D eigenvalue weighted by molar-refractivity contribution is 7.89. The van der Waals surface area contributed by atoms with Crippen molar-refractivity contribution in [2.24, 2.45) is 0 Å². The van der Waals surface area contributed by atoms with E-state index < -0.39 is 10.0 Å². The molecule has 0 aromatic heterocycles. The van der Waals surface area contributed by atoms with Crippen LogP contribution in [-0.4, -0.2) is 33.5 Å². The van der Waals surface area contributed by atoms with Crippen molar-refractivity contribution in [2.75, 3.05) is 18.1 Å². The zero-order chi connectivity index (χ0) is 21.7. The van der Waals surface area contributed by atoms with E-state index in [1.807, 2.05) is 6.92 Å². The van der Waals surface area contributed by atoms with Crippen LogP contribution in [0.5, 0.6) is 5.75 Å². The minimum atomic E-state index is -3.68. The van der Waals surface area contributed by atoms with Crippen molar-refractivity contribution >= 4 is 21.6 Å². The Labute approximate surface area is 177 Å². The summed E-state index contributed by atoms with van der Waals surface area (Å²) in [6, 6.07) is 13.6. The highest BCUT2D eigenvalue weighted by Crippen LogP contribution is 2.26. The van der Waals surface area contributed by atoms with Crippen molar-refractivity contribution in [3.8, 4) is 11.8 Å². The third kappa shape index (κ3) is 5.17. The minimum Gasteiger partial charge on any atom is -0.494 e. The second-order valence-electron chi connectivity index (χ2n) is 7.16. The van der Waals surface area contributed by atoms with Crippen LogP contribution in [-0.2, 0) is 10.0 Å². The first-order valence-electron chi connectivity index (χ1n) is 9.90. The Hall–Kier alpha value is -2.89. The van der Waals surface area contributed by atoms with Gasteiger partial charge in [-0.25, -0.2) is 13.1 Å². The van der Waals surface area contributed by atoms with Crippen LogP contribution >= 0.6 is 0 Å². The monoisotopic (exact) mass is 427 g/mol. The molecule has 0 bridgehead atoms. The maximum absolute atomic E-state index is 13.4. The van der Waals surface area contributed by atoms with Crippen LogP contribution < -0.4 is 14.4 Å². The highest BCUT2D eigenvalue weighted by atomic mass is 32.2. The molecule has 0 spiro atoms. The van der Waals surface area contributed by atoms with Gasteiger partial charge in [0.1, 0.15) is 5.75 Å². The molecule has 0 unspecified atom stereocenters. The highest BCUT2D eigenvalue weighted by Gasteiger charge is 2.29. The predicted octanol–water partition coefficient (Wildman–Crippen LogP) is 3.39. The molecule has 158 valence electrons. The third-order valence-electron chi connectivity index (χ3n) is 4.80. The van der Waals surface area contributed by atoms with Gasteiger partial charge in [0.05, 0.1) is 24.0 Å². The van der Waals surface area contributed by atoms with Crippen LogP contribution in [0.3, 0.4) is 0 Å². The van der Waals surface area contributed by atoms with Gasteiger partial charge in [-0.1, -0.05) is 6.07 Å². The summed E-state index contributed by atoms with van der Waals surface area (Å²) in [5.41, 5.74) is 1.57. The number of nitrogens with one attached hydrogen (secondary N) is 1. The molecule has 8 heteroatoms. The Morgan fingerprint density at radius 2 is 1.93 bits per heavy atom. The standard InChI is InChI=1S/C22H25N3O4S/c1-3-29-19-10-8-18(9-11-19)25(14-4-13-23)22(26)21-15-20(12-5-16(21)2)30(27,28)24-17-6-7-17/h5,8-12,15,17,24H,3-4,6-7,14H2,1-2H3. The number of hydrogen-bond donors (Lipinski definition) is 1. The molecule has 1 saturated carbocycles. The van der Waals surface area contributed by atoms with Gasteiger partial charge in [-0.05, 0) is 68.7 Å². The van der Waals surface area contributed by atoms with Crippen molar-refractivity contribution in [1.29, 1.82) is 5.26 Å². The van der Waals surface area contributed by atoms with Crippen molar-refractivity contribution in [3.63, 3.8) is 0 Å². The van der Waals surface area contributed by atoms with E-state index in [0.29, 0.717) is 29.2 Å². The SMILES string of the molecule is CCOc1ccc(N(CCC#N)C(=O)c2cc(S(=O)(=O)NC3CC3)ccc2C)cc1. The van der Waals surface area contributed by atoms with Crippen LogP contribution in [0, 0.1) is 18.3 Å². The van der Waals surface area contributed by atoms with Crippen LogP contribution in [0.25, 0.3) is 0 Å². The second kappa shape index (κ2) is 9.28. The molecule has 3 rings (SSSR count). The number of nitriles is 1. The van der Waals surface area contributed by atoms with Crippen LogP contribution in [0.1, 0.15) is 42.1 Å². The van der Waals surface area contributed by atoms with Gasteiger partial charge < -0.3 is 9.64 Å². The molecule has 0 heterocycles. The fourth-order valence-corrected chi connectivity index (χ4v) is 4.36. The zero-order valence-corrected chi connectivity index (χ0v) is 17.9. The molecule has 0 radical (unpaired) electrons. The lowest BCUT2D eigenvalue weighted by atomic mass is 10.1. The van der Waals surface area contributed by atoms with E-state index in [1.165, 1.54) is 17.0 Å². The summed E-state index contributed by atoms with van der Waals surface area (Å²) >= 11 is 0. The lowest BCUT2D eigenvalue weighted by Gasteiger charge is -2.23. The number of benzene rings is 2. The van der Waals surface area contributed by atoms with E-state index in [9.17, 15) is 13.2 Å². The van der Waals surface area contributed by atoms with Gasteiger partial charge in [0.2, 0.25) is 10.0 Å². The number of carbonyl (C=O) groups excluding carboxylic acids is 1. The van der Waals surface area contributed by atoms with Gasteiger partial charge in [0, 0.05) is 23.8 Å². The lowest BCUT2D eigenvalue weighted by molar-refractivity contribution is 0.0986. The van der Waals surface area contributed by atoms with Crippen molar-refractivity contribution in [1.82, 2.24) is 4.72 Å². The maximum Gasteiger partial charge on any atom is 0.258 e. The van der Waals surface area contributed by atoms with E-state index in [-0.39, 0.29) is 29.8 Å². The normalized spacial score (nSPS) is 13.5. The molecule has 1 aliphatic rings. The first kappa shape index (κ1) is 21.8. The van der Waals surface area contributed by atoms with E-state index in [1.54, 1.807) is 37.3 Å². The van der Waals surface area contributed by atoms with Gasteiger partial charge in [-0.15, -0.1) is 0 Å². The summed E-state index contributed by atoms with van der Waals surface area (Å²) < 4.78 is 33.3. The molecule has 1 amide bonds. The topological polar surface area (TPSA) is 99.5 Å². The summed E-state index contributed by atoms with van der Waals surface area (Å²) in [7, 11) is -3.68. The average Bonchev–Trinajstić information content (AvgIpc) is 3.53. The van der Waals surface area contributed by atoms with Gasteiger partial charge in [-0.2, -0.15) is 5.26 Å². The molecule has 30 heavy (non-hydrogen) atoms. The first-order valence-corrected chi connectivity index (χ1v) is 11.4. The van der Waals surface area contributed by atoms with Gasteiger partial charge in [0.15, 0.2) is 0 Å². The van der Waals surface area contributed by atoms with Crippen LogP contribution in [0.15, 0.2) is 47.4 Å². The second-order valence-corrected chi connectivity index (χ2v) is 8.88. The number of amides is 1. The molecule has 0 saturated heterocycles. The number of carbonyl (C=O) groups is 1. The summed E-state index contributed by atoms with van der Waals surface area (Å²) in [5, 5.41) is 9.03. The smallest absolute Gasteiger partial charge is 0.258 e. The minimum absolute atomic E-state index is 0.0218. The molecular formula is C22H25N3O4S. The summed E-state index contributed by atoms with van der Waals surface area (Å²) in [6.07, 6.45) is 1.81. The van der Waals surface area contributed by atoms with Gasteiger partial charge in [-0.3, -0.25) is 4.79 Å². The van der Waals surface area contributed by atoms with Crippen LogP contribution in [0.4, 0.5) is 5.69 Å². The van der Waals surface area contributed by atoms with E-state index in [4.69, 9.17) is 10.00 Å². The molecule has 7 nitrogen and oxygen atoms in total. The van der Waals surface area contributed by atoms with Gasteiger partial charge in [0.25, 0.3) is 5.91 Å². The van der Waals surface area contributed by atoms with Gasteiger partial charge >= 0.3 is 0 Å². The third-order valence-corrected chi connectivity index (χ3v) is 6.32. The predicted molar refractivity (Wildman–Crippen MR) is 114 cm³/mol. The summed E-state index contributed by atoms with van der Waals surface area (Å²) in [4.78, 5) is 14.9. The molecule has 1 N–H and O–H groups in total. The summed E-state index contributed by atoms with van der Waals surface area (Å²) in [5.74, 6) is 0.333. The lowest BCUT2D eigenvalue weighted by Crippen LogP contribution is -2.33. The van der Waals surface area contributed by atoms with Crippen molar-refractivity contribution in [2.45, 2.75) is 44.0 Å². The molecule has 2 aromatic carbocycles. The van der Waals surface area contributed by atoms with E-state index in [0.717, 1.165) is 12.8 Å². The number of aryl methyl sites for hydroxylation is 1. The largest absolute Gasteiger partial charge is 0.494 e. The number of rotatable bonds is 9. The van der Waals surface area contributed by atoms with Crippen LogP contribution in [0.2, 0.25) is 0 Å². The fraction of sp³-hybridized carbons (Fsp3) is 0.364. The maximum atomic E-state index is 13.4. The molecule has 1 fully saturated rings. The first-order chi connectivity index (χ1) is 14.4. The number of nitrogens with zero attached hydrogens (tertiary/aromatic N) is 2. The number of anilines is 1. The molecular weight excluding hydrogens is 402 g/mol. The van der Waals surface area contributed by atoms with Crippen molar-refractivity contribution in [3.05, 3.63) is 53.6 Å². The molecule has 0 aliphatic heterocycles. The van der Waals surface area contributed by atoms with E-state index in [2.05, 4.69) is 10.8 Å². The Balaban J connectivity index is 1.93.